The second-order valence-corrected chi connectivity index (χ2v) is 10.2. The first-order valence-electron chi connectivity index (χ1n) is 14.4. The summed E-state index contributed by atoms with van der Waals surface area (Å²) in [5.74, 6) is 2.79. The molecular weight excluding hydrogens is 529 g/mol. The minimum absolute atomic E-state index is 0.229. The third kappa shape index (κ3) is 6.68. The topological polar surface area (TPSA) is 90.4 Å². The third-order valence-corrected chi connectivity index (χ3v) is 7.48. The highest BCUT2D eigenvalue weighted by atomic mass is 19.1. The SMILES string of the molecule is CCOc1cc(CN2CCC(Nc3nc(N4CCOCC4)c4cc(OC)c(OC)cc4n3)CC2)cc(OCC)c1F. The maximum Gasteiger partial charge on any atom is 0.225 e. The van der Waals surface area contributed by atoms with Gasteiger partial charge in [0, 0.05) is 50.2 Å². The van der Waals surface area contributed by atoms with Crippen molar-refractivity contribution in [2.24, 2.45) is 0 Å². The average molecular weight is 570 g/mol. The number of halogens is 1. The number of nitrogens with zero attached hydrogens (tertiary/aromatic N) is 4. The van der Waals surface area contributed by atoms with E-state index in [2.05, 4.69) is 15.1 Å². The van der Waals surface area contributed by atoms with Crippen molar-refractivity contribution >= 4 is 22.7 Å². The summed E-state index contributed by atoms with van der Waals surface area (Å²) in [4.78, 5) is 14.4. The molecule has 2 fully saturated rings. The summed E-state index contributed by atoms with van der Waals surface area (Å²) in [5, 5.41) is 4.51. The van der Waals surface area contributed by atoms with Crippen LogP contribution in [0.5, 0.6) is 23.0 Å². The number of likely N-dealkylation sites (tertiary alicyclic amines) is 1. The number of nitrogens with one attached hydrogen (secondary N) is 1. The lowest BCUT2D eigenvalue weighted by Gasteiger charge is -2.33. The van der Waals surface area contributed by atoms with E-state index in [-0.39, 0.29) is 17.5 Å². The van der Waals surface area contributed by atoms with Crippen molar-refractivity contribution in [1.29, 1.82) is 0 Å². The van der Waals surface area contributed by atoms with Gasteiger partial charge in [-0.25, -0.2) is 4.98 Å². The first-order valence-corrected chi connectivity index (χ1v) is 14.4. The number of benzene rings is 2. The Morgan fingerprint density at radius 2 is 1.51 bits per heavy atom. The van der Waals surface area contributed by atoms with Crippen molar-refractivity contribution in [2.75, 3.05) is 77.0 Å². The Balaban J connectivity index is 1.30. The zero-order chi connectivity index (χ0) is 28.8. The zero-order valence-corrected chi connectivity index (χ0v) is 24.4. The maximum atomic E-state index is 14.7. The van der Waals surface area contributed by atoms with Gasteiger partial charge in [-0.2, -0.15) is 9.37 Å². The minimum Gasteiger partial charge on any atom is -0.493 e. The molecule has 2 aliphatic rings. The first-order chi connectivity index (χ1) is 20.0. The fourth-order valence-corrected chi connectivity index (χ4v) is 5.44. The van der Waals surface area contributed by atoms with Crippen molar-refractivity contribution in [3.63, 3.8) is 0 Å². The van der Waals surface area contributed by atoms with Crippen molar-refractivity contribution in [3.05, 3.63) is 35.6 Å². The van der Waals surface area contributed by atoms with E-state index in [1.165, 1.54) is 0 Å². The van der Waals surface area contributed by atoms with Gasteiger partial charge in [0.2, 0.25) is 11.8 Å². The molecule has 5 rings (SSSR count). The lowest BCUT2D eigenvalue weighted by atomic mass is 10.0. The Kier molecular flexibility index (Phi) is 9.45. The van der Waals surface area contributed by atoms with Crippen LogP contribution in [0.3, 0.4) is 0 Å². The molecule has 11 heteroatoms. The van der Waals surface area contributed by atoms with Crippen molar-refractivity contribution in [3.8, 4) is 23.0 Å². The number of anilines is 2. The van der Waals surface area contributed by atoms with E-state index in [0.29, 0.717) is 50.4 Å². The summed E-state index contributed by atoms with van der Waals surface area (Å²) < 4.78 is 42.4. The van der Waals surface area contributed by atoms with Crippen LogP contribution in [0.15, 0.2) is 24.3 Å². The molecule has 0 bridgehead atoms. The molecule has 1 aromatic heterocycles. The predicted molar refractivity (Wildman–Crippen MR) is 156 cm³/mol. The maximum absolute atomic E-state index is 14.7. The molecule has 3 aromatic rings. The largest absolute Gasteiger partial charge is 0.493 e. The van der Waals surface area contributed by atoms with Crippen LogP contribution in [0.4, 0.5) is 16.2 Å². The smallest absolute Gasteiger partial charge is 0.225 e. The average Bonchev–Trinajstić information content (AvgIpc) is 3.00. The van der Waals surface area contributed by atoms with Crippen LogP contribution >= 0.6 is 0 Å². The van der Waals surface area contributed by atoms with Crippen molar-refractivity contribution < 1.29 is 28.1 Å². The van der Waals surface area contributed by atoms with E-state index in [1.54, 1.807) is 26.4 Å². The van der Waals surface area contributed by atoms with E-state index in [1.807, 2.05) is 26.0 Å². The summed E-state index contributed by atoms with van der Waals surface area (Å²) in [7, 11) is 3.26. The highest BCUT2D eigenvalue weighted by Crippen LogP contribution is 2.36. The molecule has 0 amide bonds. The van der Waals surface area contributed by atoms with Gasteiger partial charge < -0.3 is 33.9 Å². The van der Waals surface area contributed by atoms with Crippen molar-refractivity contribution in [1.82, 2.24) is 14.9 Å². The summed E-state index contributed by atoms with van der Waals surface area (Å²) in [6.07, 6.45) is 1.86. The van der Waals surface area contributed by atoms with Crippen LogP contribution in [0.1, 0.15) is 32.3 Å². The van der Waals surface area contributed by atoms with Gasteiger partial charge in [0.1, 0.15) is 5.82 Å². The van der Waals surface area contributed by atoms with Crippen LogP contribution in [-0.4, -0.2) is 87.7 Å². The van der Waals surface area contributed by atoms with Gasteiger partial charge in [-0.1, -0.05) is 0 Å². The van der Waals surface area contributed by atoms with Gasteiger partial charge in [0.05, 0.1) is 46.2 Å². The number of morpholine rings is 1. The quantitative estimate of drug-likeness (QED) is 0.356. The summed E-state index contributed by atoms with van der Waals surface area (Å²) in [6.45, 7) is 9.80. The Morgan fingerprint density at radius 3 is 2.12 bits per heavy atom. The molecule has 2 saturated heterocycles. The van der Waals surface area contributed by atoms with Crippen LogP contribution in [0.2, 0.25) is 0 Å². The number of rotatable bonds is 11. The van der Waals surface area contributed by atoms with E-state index in [9.17, 15) is 4.39 Å². The Labute approximate surface area is 240 Å². The standard InChI is InChI=1S/C30H40FN5O5/c1-5-40-26-15-20(16-27(28(26)31)41-6-2)19-35-9-7-21(8-10-35)32-30-33-23-18-25(38-4)24(37-3)17-22(23)29(34-30)36-11-13-39-14-12-36/h15-18,21H,5-14,19H2,1-4H3,(H,32,33,34). The molecule has 1 N–H and O–H groups in total. The number of aromatic nitrogens is 2. The first kappa shape index (κ1) is 28.9. The Morgan fingerprint density at radius 1 is 0.878 bits per heavy atom. The fraction of sp³-hybridized carbons (Fsp3) is 0.533. The van der Waals surface area contributed by atoms with Gasteiger partial charge in [0.15, 0.2) is 23.0 Å². The molecule has 3 heterocycles. The summed E-state index contributed by atoms with van der Waals surface area (Å²) in [6, 6.07) is 7.65. The van der Waals surface area contributed by atoms with Gasteiger partial charge >= 0.3 is 0 Å². The lowest BCUT2D eigenvalue weighted by Crippen LogP contribution is -2.39. The Hall–Kier alpha value is -3.57. The van der Waals surface area contributed by atoms with Crippen LogP contribution in [0, 0.1) is 5.82 Å². The van der Waals surface area contributed by atoms with E-state index < -0.39 is 5.82 Å². The monoisotopic (exact) mass is 569 g/mol. The normalized spacial score (nSPS) is 16.6. The number of fused-ring (bicyclic) bond motifs is 1. The highest BCUT2D eigenvalue weighted by molar-refractivity contribution is 5.93. The van der Waals surface area contributed by atoms with Gasteiger partial charge in [-0.15, -0.1) is 0 Å². The molecule has 2 aromatic carbocycles. The second kappa shape index (κ2) is 13.4. The van der Waals surface area contributed by atoms with E-state index in [0.717, 1.165) is 61.3 Å². The second-order valence-electron chi connectivity index (χ2n) is 10.2. The highest BCUT2D eigenvalue weighted by Gasteiger charge is 2.24. The molecule has 0 aliphatic carbocycles. The minimum atomic E-state index is -0.441. The number of piperidine rings is 1. The fourth-order valence-electron chi connectivity index (χ4n) is 5.44. The molecule has 0 unspecified atom stereocenters. The number of methoxy groups -OCH3 is 2. The van der Waals surface area contributed by atoms with Crippen LogP contribution in [-0.2, 0) is 11.3 Å². The number of hydrogen-bond acceptors (Lipinski definition) is 10. The third-order valence-electron chi connectivity index (χ3n) is 7.48. The molecule has 0 atom stereocenters. The van der Waals surface area contributed by atoms with Crippen molar-refractivity contribution in [2.45, 2.75) is 39.3 Å². The lowest BCUT2D eigenvalue weighted by molar-refractivity contribution is 0.122. The predicted octanol–water partition coefficient (Wildman–Crippen LogP) is 4.50. The molecule has 10 nitrogen and oxygen atoms in total. The number of hydrogen-bond donors (Lipinski definition) is 1. The molecule has 0 radical (unpaired) electrons. The number of ether oxygens (including phenoxy) is 5. The summed E-state index contributed by atoms with van der Waals surface area (Å²) >= 11 is 0. The molecule has 0 spiro atoms. The molecule has 41 heavy (non-hydrogen) atoms. The van der Waals surface area contributed by atoms with Gasteiger partial charge in [-0.3, -0.25) is 4.90 Å². The summed E-state index contributed by atoms with van der Waals surface area (Å²) in [5.41, 5.74) is 1.77. The molecule has 0 saturated carbocycles. The van der Waals surface area contributed by atoms with Crippen LogP contribution in [0.25, 0.3) is 10.9 Å². The van der Waals surface area contributed by atoms with E-state index in [4.69, 9.17) is 33.7 Å². The molecular formula is C30H40FN5O5. The van der Waals surface area contributed by atoms with E-state index >= 15 is 0 Å². The van der Waals surface area contributed by atoms with Gasteiger partial charge in [0.25, 0.3) is 0 Å². The van der Waals surface area contributed by atoms with Crippen LogP contribution < -0.4 is 29.2 Å². The zero-order valence-electron chi connectivity index (χ0n) is 24.4. The molecule has 2 aliphatic heterocycles. The Bertz CT molecular complexity index is 1300. The van der Waals surface area contributed by atoms with Gasteiger partial charge in [-0.05, 0) is 50.5 Å². The molecule has 222 valence electrons.